The van der Waals surface area contributed by atoms with Crippen LogP contribution in [-0.4, -0.2) is 34.8 Å². The largest absolute Gasteiger partial charge is 0.481 e. The van der Waals surface area contributed by atoms with Crippen LogP contribution in [0, 0.1) is 0 Å². The van der Waals surface area contributed by atoms with Gasteiger partial charge in [-0.05, 0) is 13.3 Å². The van der Waals surface area contributed by atoms with Crippen molar-refractivity contribution < 1.29 is 19.5 Å². The minimum atomic E-state index is -1.13. The highest BCUT2D eigenvalue weighted by Gasteiger charge is 2.21. The van der Waals surface area contributed by atoms with Gasteiger partial charge in [0.15, 0.2) is 5.78 Å². The number of hydrogen-bond acceptors (Lipinski definition) is 4. The molecule has 0 radical (unpaired) electrons. The molecule has 4 N–H and O–H groups in total. The van der Waals surface area contributed by atoms with Gasteiger partial charge in [-0.25, -0.2) is 0 Å². The lowest BCUT2D eigenvalue weighted by molar-refractivity contribution is -0.139. The number of Topliss-reactive ketones (excluding diaryl/α,β-unsaturated/α-hetero) is 1. The average molecular weight is 328 g/mol. The number of amides is 1. The Morgan fingerprint density at radius 3 is 2.04 bits per heavy atom. The van der Waals surface area contributed by atoms with Gasteiger partial charge in [-0.15, -0.1) is 0 Å². The van der Waals surface area contributed by atoms with E-state index >= 15 is 0 Å². The van der Waals surface area contributed by atoms with Crippen LogP contribution in [-0.2, 0) is 14.4 Å². The van der Waals surface area contributed by atoms with Crippen molar-refractivity contribution in [3.05, 3.63) is 0 Å². The van der Waals surface area contributed by atoms with E-state index in [0.29, 0.717) is 6.42 Å². The molecule has 0 rings (SSSR count). The highest BCUT2D eigenvalue weighted by Crippen LogP contribution is 2.10. The van der Waals surface area contributed by atoms with E-state index in [1.54, 1.807) is 6.92 Å². The lowest BCUT2D eigenvalue weighted by Crippen LogP contribution is -2.47. The maximum absolute atomic E-state index is 11.9. The molecule has 0 aliphatic rings. The van der Waals surface area contributed by atoms with E-state index < -0.39 is 30.4 Å². The third kappa shape index (κ3) is 11.8. The topological polar surface area (TPSA) is 109 Å². The molecule has 0 aromatic heterocycles. The number of carboxylic acid groups (broad SMARTS) is 1. The third-order valence-electron chi connectivity index (χ3n) is 3.85. The summed E-state index contributed by atoms with van der Waals surface area (Å²) >= 11 is 0. The summed E-state index contributed by atoms with van der Waals surface area (Å²) in [6.45, 7) is 3.80. The van der Waals surface area contributed by atoms with Crippen molar-refractivity contribution in [3.63, 3.8) is 0 Å². The van der Waals surface area contributed by atoms with Crippen LogP contribution in [0.15, 0.2) is 0 Å². The van der Waals surface area contributed by atoms with Crippen molar-refractivity contribution in [1.29, 1.82) is 0 Å². The molecule has 6 heteroatoms. The maximum Gasteiger partial charge on any atom is 0.305 e. The predicted octanol–water partition coefficient (Wildman–Crippen LogP) is 2.39. The molecule has 0 aliphatic carbocycles. The molecule has 0 saturated carbocycles. The number of nitrogens with one attached hydrogen (secondary N) is 1. The van der Waals surface area contributed by atoms with Crippen LogP contribution in [0.4, 0.5) is 0 Å². The van der Waals surface area contributed by atoms with E-state index in [0.717, 1.165) is 19.3 Å². The highest BCUT2D eigenvalue weighted by molar-refractivity contribution is 5.91. The zero-order valence-electron chi connectivity index (χ0n) is 14.5. The zero-order chi connectivity index (χ0) is 17.7. The van der Waals surface area contributed by atoms with Gasteiger partial charge in [-0.2, -0.15) is 0 Å². The quantitative estimate of drug-likeness (QED) is 0.424. The molecule has 0 aliphatic heterocycles. The molecular formula is C17H32N2O4. The summed E-state index contributed by atoms with van der Waals surface area (Å²) in [7, 11) is 0. The van der Waals surface area contributed by atoms with Crippen LogP contribution in [0.5, 0.6) is 0 Å². The van der Waals surface area contributed by atoms with Crippen LogP contribution in [0.2, 0.25) is 0 Å². The number of aliphatic carboxylic acids is 1. The lowest BCUT2D eigenvalue weighted by atomic mass is 10.0. The summed E-state index contributed by atoms with van der Waals surface area (Å²) in [5, 5.41) is 11.1. The molecule has 0 fully saturated rings. The monoisotopic (exact) mass is 328 g/mol. The van der Waals surface area contributed by atoms with Gasteiger partial charge < -0.3 is 16.2 Å². The summed E-state index contributed by atoms with van der Waals surface area (Å²) < 4.78 is 0. The predicted molar refractivity (Wildman–Crippen MR) is 90.1 cm³/mol. The summed E-state index contributed by atoms with van der Waals surface area (Å²) in [6.07, 6.45) is 9.28. The molecule has 0 spiro atoms. The first-order valence-electron chi connectivity index (χ1n) is 8.69. The first kappa shape index (κ1) is 21.6. The van der Waals surface area contributed by atoms with E-state index in [4.69, 9.17) is 10.8 Å². The van der Waals surface area contributed by atoms with Crippen LogP contribution in [0.1, 0.15) is 78.1 Å². The van der Waals surface area contributed by atoms with Crippen molar-refractivity contribution in [1.82, 2.24) is 5.32 Å². The summed E-state index contributed by atoms with van der Waals surface area (Å²) in [5.41, 5.74) is 5.45. The van der Waals surface area contributed by atoms with Gasteiger partial charge in [-0.3, -0.25) is 14.4 Å². The Balaban J connectivity index is 3.77. The summed E-state index contributed by atoms with van der Waals surface area (Å²) in [6, 6.07) is -1.74. The van der Waals surface area contributed by atoms with E-state index in [-0.39, 0.29) is 5.78 Å². The Hall–Kier alpha value is -1.43. The molecule has 0 heterocycles. The van der Waals surface area contributed by atoms with Gasteiger partial charge in [0.1, 0.15) is 0 Å². The van der Waals surface area contributed by atoms with Crippen LogP contribution in [0.25, 0.3) is 0 Å². The number of ketones is 1. The number of hydrogen-bond donors (Lipinski definition) is 3. The molecule has 0 saturated heterocycles. The summed E-state index contributed by atoms with van der Waals surface area (Å²) in [5.74, 6) is -1.76. The molecule has 0 aromatic rings. The van der Waals surface area contributed by atoms with Crippen molar-refractivity contribution >= 4 is 17.7 Å². The van der Waals surface area contributed by atoms with Gasteiger partial charge in [-0.1, -0.05) is 51.9 Å². The maximum atomic E-state index is 11.9. The Morgan fingerprint density at radius 1 is 1.00 bits per heavy atom. The lowest BCUT2D eigenvalue weighted by Gasteiger charge is -2.15. The fraction of sp³-hybridized carbons (Fsp3) is 0.824. The molecule has 1 unspecified atom stereocenters. The molecule has 0 aromatic carbocycles. The van der Waals surface area contributed by atoms with Gasteiger partial charge in [0.25, 0.3) is 0 Å². The van der Waals surface area contributed by atoms with Crippen LogP contribution in [0.3, 0.4) is 0 Å². The Morgan fingerprint density at radius 2 is 1.52 bits per heavy atom. The number of carboxylic acids is 1. The first-order chi connectivity index (χ1) is 10.9. The molecule has 134 valence electrons. The van der Waals surface area contributed by atoms with Crippen molar-refractivity contribution in [3.8, 4) is 0 Å². The van der Waals surface area contributed by atoms with Gasteiger partial charge in [0, 0.05) is 6.42 Å². The van der Waals surface area contributed by atoms with E-state index in [2.05, 4.69) is 12.2 Å². The average Bonchev–Trinajstić information content (AvgIpc) is 2.48. The number of carbonyl (C=O) groups is 3. The second kappa shape index (κ2) is 13.0. The number of rotatable bonds is 14. The summed E-state index contributed by atoms with van der Waals surface area (Å²) in [4.78, 5) is 34.1. The van der Waals surface area contributed by atoms with Crippen molar-refractivity contribution in [2.45, 2.75) is 90.1 Å². The smallest absolute Gasteiger partial charge is 0.305 e. The third-order valence-corrected chi connectivity index (χ3v) is 3.85. The fourth-order valence-electron chi connectivity index (χ4n) is 2.33. The molecule has 1 amide bonds. The van der Waals surface area contributed by atoms with Gasteiger partial charge in [0.2, 0.25) is 5.91 Å². The van der Waals surface area contributed by atoms with Gasteiger partial charge >= 0.3 is 5.97 Å². The normalized spacial score (nSPS) is 13.3. The Kier molecular flexibility index (Phi) is 12.2. The van der Waals surface area contributed by atoms with Crippen LogP contribution >= 0.6 is 0 Å². The van der Waals surface area contributed by atoms with E-state index in [1.165, 1.54) is 32.1 Å². The SMILES string of the molecule is CCCCCCCCCCC(=O)C(C)NC(=O)[C@@H](N)CC(=O)O. The minimum absolute atomic E-state index is 0.0353. The molecular weight excluding hydrogens is 296 g/mol. The molecule has 6 nitrogen and oxygen atoms in total. The van der Waals surface area contributed by atoms with Gasteiger partial charge in [0.05, 0.1) is 18.5 Å². The second-order valence-electron chi connectivity index (χ2n) is 6.13. The molecule has 23 heavy (non-hydrogen) atoms. The Labute approximate surface area is 139 Å². The molecule has 0 bridgehead atoms. The van der Waals surface area contributed by atoms with E-state index in [1.807, 2.05) is 0 Å². The van der Waals surface area contributed by atoms with Crippen molar-refractivity contribution in [2.24, 2.45) is 5.73 Å². The standard InChI is InChI=1S/C17H32N2O4/c1-3-4-5-6-7-8-9-10-11-15(20)13(2)19-17(23)14(18)12-16(21)22/h13-14H,3-12,18H2,1-2H3,(H,19,23)(H,21,22)/t13?,14-/m0/s1. The second-order valence-corrected chi connectivity index (χ2v) is 6.13. The minimum Gasteiger partial charge on any atom is -0.481 e. The fourth-order valence-corrected chi connectivity index (χ4v) is 2.33. The number of nitrogens with two attached hydrogens (primary N) is 1. The highest BCUT2D eigenvalue weighted by atomic mass is 16.4. The van der Waals surface area contributed by atoms with Crippen molar-refractivity contribution in [2.75, 3.05) is 0 Å². The first-order valence-corrected chi connectivity index (χ1v) is 8.69. The number of carbonyl (C=O) groups excluding carboxylic acids is 2. The molecule has 2 atom stereocenters. The van der Waals surface area contributed by atoms with Crippen LogP contribution < -0.4 is 11.1 Å². The zero-order valence-corrected chi connectivity index (χ0v) is 14.5. The van der Waals surface area contributed by atoms with E-state index in [9.17, 15) is 14.4 Å². The Bertz CT molecular complexity index is 372. The number of unbranched alkanes of at least 4 members (excludes halogenated alkanes) is 7.